The Morgan fingerprint density at radius 2 is 2.00 bits per heavy atom. The lowest BCUT2D eigenvalue weighted by atomic mass is 10.1. The molecule has 4 atom stereocenters. The molecule has 0 aliphatic heterocycles. The van der Waals surface area contributed by atoms with Gasteiger partial charge in [-0.3, -0.25) is 4.79 Å². The van der Waals surface area contributed by atoms with E-state index in [1.165, 1.54) is 0 Å². The molecule has 0 aromatic rings. The van der Waals surface area contributed by atoms with Crippen molar-refractivity contribution in [1.82, 2.24) is 0 Å². The first-order valence-electron chi connectivity index (χ1n) is 5.28. The third-order valence-electron chi connectivity index (χ3n) is 3.23. The summed E-state index contributed by atoms with van der Waals surface area (Å²) in [5.74, 6) is 0.359. The molecule has 4 heteroatoms. The maximum Gasteiger partial charge on any atom is 0.309 e. The van der Waals surface area contributed by atoms with Crippen molar-refractivity contribution in [3.63, 3.8) is 0 Å². The van der Waals surface area contributed by atoms with E-state index in [9.17, 15) is 4.79 Å². The third kappa shape index (κ3) is 2.57. The second-order valence-corrected chi connectivity index (χ2v) is 7.20. The summed E-state index contributed by atoms with van der Waals surface area (Å²) in [6, 6.07) is 0. The minimum atomic E-state index is -0.0508. The average molecular weight is 342 g/mol. The van der Waals surface area contributed by atoms with Gasteiger partial charge in [0.15, 0.2) is 0 Å². The van der Waals surface area contributed by atoms with Crippen LogP contribution in [0, 0.1) is 17.3 Å². The molecule has 0 aromatic carbocycles. The predicted molar refractivity (Wildman–Crippen MR) is 68.5 cm³/mol. The zero-order valence-electron chi connectivity index (χ0n) is 9.59. The van der Waals surface area contributed by atoms with E-state index in [0.717, 1.165) is 0 Å². The fourth-order valence-electron chi connectivity index (χ4n) is 2.24. The molecule has 0 heterocycles. The molecule has 1 rings (SSSR count). The molecule has 0 saturated heterocycles. The van der Waals surface area contributed by atoms with Crippen molar-refractivity contribution in [2.45, 2.75) is 37.3 Å². The Labute approximate surface area is 108 Å². The number of rotatable bonds is 4. The summed E-state index contributed by atoms with van der Waals surface area (Å²) in [5.41, 5.74) is 0.0580. The summed E-state index contributed by atoms with van der Waals surface area (Å²) in [5, 5.41) is 0. The van der Waals surface area contributed by atoms with Crippen LogP contribution < -0.4 is 0 Å². The molecule has 0 bridgehead atoms. The normalized spacial score (nSPS) is 31.9. The van der Waals surface area contributed by atoms with E-state index < -0.39 is 0 Å². The van der Waals surface area contributed by atoms with E-state index in [1.54, 1.807) is 0 Å². The SMILES string of the molecule is CCOC(=O)[C@@H]1[C@@H](C(Br)C(C)Br)C1(C)C. The number of alkyl halides is 2. The second kappa shape index (κ2) is 4.74. The first kappa shape index (κ1) is 13.5. The monoisotopic (exact) mass is 340 g/mol. The Hall–Kier alpha value is 0.430. The second-order valence-electron chi connectivity index (χ2n) is 4.70. The van der Waals surface area contributed by atoms with E-state index >= 15 is 0 Å². The Bertz CT molecular complexity index is 251. The van der Waals surface area contributed by atoms with Crippen LogP contribution in [0.1, 0.15) is 27.7 Å². The number of carbonyl (C=O) groups is 1. The fraction of sp³-hybridized carbons (Fsp3) is 0.909. The largest absolute Gasteiger partial charge is 0.466 e. The average Bonchev–Trinajstić information content (AvgIpc) is 2.68. The molecule has 2 nitrogen and oxygen atoms in total. The molecule has 2 unspecified atom stereocenters. The lowest BCUT2D eigenvalue weighted by Crippen LogP contribution is -2.17. The van der Waals surface area contributed by atoms with Gasteiger partial charge in [-0.15, -0.1) is 0 Å². The lowest BCUT2D eigenvalue weighted by Gasteiger charge is -2.13. The summed E-state index contributed by atoms with van der Waals surface area (Å²) in [6.07, 6.45) is 0. The molecule has 1 fully saturated rings. The molecule has 1 saturated carbocycles. The van der Waals surface area contributed by atoms with Gasteiger partial charge in [-0.05, 0) is 18.3 Å². The molecule has 0 amide bonds. The number of hydrogen-bond acceptors (Lipinski definition) is 2. The van der Waals surface area contributed by atoms with Crippen LogP contribution >= 0.6 is 31.9 Å². The minimum absolute atomic E-state index is 0.0434. The highest BCUT2D eigenvalue weighted by Crippen LogP contribution is 2.62. The van der Waals surface area contributed by atoms with Crippen molar-refractivity contribution < 1.29 is 9.53 Å². The number of ether oxygens (including phenoxy) is 1. The highest BCUT2D eigenvalue weighted by Gasteiger charge is 2.65. The van der Waals surface area contributed by atoms with Crippen LogP contribution in [0.15, 0.2) is 0 Å². The van der Waals surface area contributed by atoms with Crippen molar-refractivity contribution >= 4 is 37.8 Å². The maximum absolute atomic E-state index is 11.7. The first-order valence-corrected chi connectivity index (χ1v) is 7.12. The summed E-state index contributed by atoms with van der Waals surface area (Å²) < 4.78 is 5.09. The van der Waals surface area contributed by atoms with Gasteiger partial charge >= 0.3 is 5.97 Å². The van der Waals surface area contributed by atoms with E-state index in [1.807, 2.05) is 6.92 Å². The molecular formula is C11H18Br2O2. The standard InChI is InChI=1S/C11H18Br2O2/c1-5-15-10(14)8-7(11(8,3)4)9(13)6(2)12/h6-9H,5H2,1-4H3/t6?,7-,8-,9?/m0/s1. The Kier molecular flexibility index (Phi) is 4.27. The van der Waals surface area contributed by atoms with Crippen molar-refractivity contribution in [1.29, 1.82) is 0 Å². The number of esters is 1. The molecule has 88 valence electrons. The van der Waals surface area contributed by atoms with Gasteiger partial charge in [0.25, 0.3) is 0 Å². The van der Waals surface area contributed by atoms with Gasteiger partial charge in [-0.25, -0.2) is 0 Å². The molecular weight excluding hydrogens is 324 g/mol. The van der Waals surface area contributed by atoms with E-state index in [-0.39, 0.29) is 17.3 Å². The lowest BCUT2D eigenvalue weighted by molar-refractivity contribution is -0.145. The van der Waals surface area contributed by atoms with Crippen LogP contribution in [0.2, 0.25) is 0 Å². The summed E-state index contributed by atoms with van der Waals surface area (Å²) >= 11 is 7.20. The Balaban J connectivity index is 2.66. The van der Waals surface area contributed by atoms with E-state index in [0.29, 0.717) is 22.2 Å². The molecule has 0 N–H and O–H groups in total. The van der Waals surface area contributed by atoms with E-state index in [4.69, 9.17) is 4.74 Å². The summed E-state index contributed by atoms with van der Waals surface area (Å²) in [7, 11) is 0. The van der Waals surface area contributed by atoms with Gasteiger partial charge in [0.2, 0.25) is 0 Å². The molecule has 0 aromatic heterocycles. The van der Waals surface area contributed by atoms with Gasteiger partial charge in [-0.1, -0.05) is 52.6 Å². The summed E-state index contributed by atoms with van der Waals surface area (Å²) in [6.45, 7) is 8.66. The van der Waals surface area contributed by atoms with Crippen LogP contribution in [-0.2, 0) is 9.53 Å². The number of hydrogen-bond donors (Lipinski definition) is 0. The first-order chi connectivity index (χ1) is 6.84. The van der Waals surface area contributed by atoms with Crippen LogP contribution in [0.4, 0.5) is 0 Å². The van der Waals surface area contributed by atoms with E-state index in [2.05, 4.69) is 52.6 Å². The highest BCUT2D eigenvalue weighted by molar-refractivity contribution is 9.12. The molecule has 0 radical (unpaired) electrons. The van der Waals surface area contributed by atoms with Crippen molar-refractivity contribution in [2.75, 3.05) is 6.61 Å². The zero-order valence-corrected chi connectivity index (χ0v) is 12.8. The van der Waals surface area contributed by atoms with Gasteiger partial charge in [-0.2, -0.15) is 0 Å². The number of carbonyl (C=O) groups excluding carboxylic acids is 1. The van der Waals surface area contributed by atoms with Crippen LogP contribution in [0.5, 0.6) is 0 Å². The quantitative estimate of drug-likeness (QED) is 0.579. The van der Waals surface area contributed by atoms with Gasteiger partial charge in [0, 0.05) is 9.65 Å². The molecule has 1 aliphatic rings. The molecule has 0 spiro atoms. The van der Waals surface area contributed by atoms with Crippen LogP contribution in [0.3, 0.4) is 0 Å². The van der Waals surface area contributed by atoms with Crippen molar-refractivity contribution in [3.8, 4) is 0 Å². The third-order valence-corrected chi connectivity index (χ3v) is 5.87. The number of halogens is 2. The smallest absolute Gasteiger partial charge is 0.309 e. The van der Waals surface area contributed by atoms with Crippen molar-refractivity contribution in [3.05, 3.63) is 0 Å². The fourth-order valence-corrected chi connectivity index (χ4v) is 3.56. The van der Waals surface area contributed by atoms with Crippen LogP contribution in [0.25, 0.3) is 0 Å². The summed E-state index contributed by atoms with van der Waals surface area (Å²) in [4.78, 5) is 12.4. The maximum atomic E-state index is 11.7. The Morgan fingerprint density at radius 1 is 1.47 bits per heavy atom. The van der Waals surface area contributed by atoms with Crippen molar-refractivity contribution in [2.24, 2.45) is 17.3 Å². The van der Waals surface area contributed by atoms with Gasteiger partial charge in [0.05, 0.1) is 12.5 Å². The molecule has 1 aliphatic carbocycles. The highest BCUT2D eigenvalue weighted by atomic mass is 79.9. The topological polar surface area (TPSA) is 26.3 Å². The Morgan fingerprint density at radius 3 is 2.40 bits per heavy atom. The zero-order chi connectivity index (χ0) is 11.8. The molecule has 15 heavy (non-hydrogen) atoms. The van der Waals surface area contributed by atoms with Gasteiger partial charge < -0.3 is 4.74 Å². The van der Waals surface area contributed by atoms with Gasteiger partial charge in [0.1, 0.15) is 0 Å². The predicted octanol–water partition coefficient (Wildman–Crippen LogP) is 3.37. The minimum Gasteiger partial charge on any atom is -0.466 e. The van der Waals surface area contributed by atoms with Crippen LogP contribution in [-0.4, -0.2) is 22.2 Å².